The van der Waals surface area contributed by atoms with Gasteiger partial charge in [-0.1, -0.05) is 6.07 Å². The second-order valence-corrected chi connectivity index (χ2v) is 6.35. The number of halogens is 2. The van der Waals surface area contributed by atoms with E-state index >= 15 is 0 Å². The summed E-state index contributed by atoms with van der Waals surface area (Å²) in [6, 6.07) is 3.74. The van der Waals surface area contributed by atoms with Gasteiger partial charge in [-0.25, -0.2) is 17.1 Å². The first-order valence-electron chi connectivity index (χ1n) is 5.55. The van der Waals surface area contributed by atoms with Gasteiger partial charge in [0, 0.05) is 5.88 Å². The van der Waals surface area contributed by atoms with E-state index in [-0.39, 0.29) is 23.5 Å². The highest BCUT2D eigenvalue weighted by molar-refractivity contribution is 7.90. The van der Waals surface area contributed by atoms with E-state index in [9.17, 15) is 17.8 Å². The summed E-state index contributed by atoms with van der Waals surface area (Å²) >= 11 is 5.45. The van der Waals surface area contributed by atoms with Crippen LogP contribution in [0.15, 0.2) is 23.3 Å². The molecule has 0 saturated carbocycles. The lowest BCUT2D eigenvalue weighted by atomic mass is 9.72. The van der Waals surface area contributed by atoms with Gasteiger partial charge in [-0.2, -0.15) is 5.10 Å². The van der Waals surface area contributed by atoms with Gasteiger partial charge < -0.3 is 5.02 Å². The van der Waals surface area contributed by atoms with Crippen molar-refractivity contribution in [3.63, 3.8) is 0 Å². The molecular weight excluding hydrogens is 293 g/mol. The summed E-state index contributed by atoms with van der Waals surface area (Å²) in [6.07, 6.45) is 1.53. The normalized spacial score (nSPS) is 14.7. The van der Waals surface area contributed by atoms with Crippen LogP contribution in [0.5, 0.6) is 0 Å². The topological polar surface area (TPSA) is 70.0 Å². The second kappa shape index (κ2) is 5.48. The summed E-state index contributed by atoms with van der Waals surface area (Å²) in [4.78, 5) is 0. The van der Waals surface area contributed by atoms with Crippen LogP contribution in [-0.2, 0) is 10.0 Å². The number of hydrazone groups is 1. The fourth-order valence-corrected chi connectivity index (χ4v) is 3.34. The molecule has 0 aromatic heterocycles. The Morgan fingerprint density at radius 3 is 2.89 bits per heavy atom. The molecule has 1 aliphatic heterocycles. The number of fused-ring (bicyclic) bond motifs is 1. The maximum absolute atomic E-state index is 13.2. The van der Waals surface area contributed by atoms with Crippen molar-refractivity contribution in [2.24, 2.45) is 5.10 Å². The van der Waals surface area contributed by atoms with Gasteiger partial charge in [-0.3, -0.25) is 0 Å². The third-order valence-corrected chi connectivity index (χ3v) is 4.60. The van der Waals surface area contributed by atoms with Crippen molar-refractivity contribution in [3.8, 4) is 0 Å². The SMILES string of the molecule is O=S(=O)(CCCCl)N1N=Cc2ccc(F)cc2B1O. The Morgan fingerprint density at radius 2 is 2.21 bits per heavy atom. The van der Waals surface area contributed by atoms with E-state index in [1.165, 1.54) is 18.3 Å². The Morgan fingerprint density at radius 1 is 1.47 bits per heavy atom. The van der Waals surface area contributed by atoms with E-state index in [4.69, 9.17) is 11.6 Å². The number of hydrogen-bond acceptors (Lipinski definition) is 4. The largest absolute Gasteiger partial charge is 0.484 e. The van der Waals surface area contributed by atoms with Gasteiger partial charge >= 0.3 is 7.05 Å². The first-order valence-corrected chi connectivity index (χ1v) is 7.69. The number of rotatable bonds is 4. The average Bonchev–Trinajstić information content (AvgIpc) is 2.37. The molecule has 0 radical (unpaired) electrons. The quantitative estimate of drug-likeness (QED) is 0.634. The summed E-state index contributed by atoms with van der Waals surface area (Å²) in [5.41, 5.74) is 0.655. The highest BCUT2D eigenvalue weighted by atomic mass is 35.5. The molecule has 1 aromatic rings. The molecule has 0 unspecified atom stereocenters. The third kappa shape index (κ3) is 2.91. The van der Waals surface area contributed by atoms with Crippen LogP contribution in [0.1, 0.15) is 12.0 Å². The van der Waals surface area contributed by atoms with Crippen molar-refractivity contribution in [3.05, 3.63) is 29.6 Å². The Hall–Kier alpha value is -1.12. The number of nitrogens with zero attached hydrogens (tertiary/aromatic N) is 2. The van der Waals surface area contributed by atoms with E-state index < -0.39 is 22.9 Å². The highest BCUT2D eigenvalue weighted by Crippen LogP contribution is 2.13. The van der Waals surface area contributed by atoms with Crippen LogP contribution in [0, 0.1) is 5.82 Å². The van der Waals surface area contributed by atoms with Crippen LogP contribution in [0.3, 0.4) is 0 Å². The minimum Gasteiger partial charge on any atom is -0.427 e. The summed E-state index contributed by atoms with van der Waals surface area (Å²) < 4.78 is 37.6. The summed E-state index contributed by atoms with van der Waals surface area (Å²) in [5, 5.41) is 13.7. The molecule has 5 nitrogen and oxygen atoms in total. The zero-order valence-electron chi connectivity index (χ0n) is 9.83. The molecule has 0 saturated heterocycles. The van der Waals surface area contributed by atoms with E-state index in [1.807, 2.05) is 0 Å². The van der Waals surface area contributed by atoms with Crippen LogP contribution >= 0.6 is 11.6 Å². The first kappa shape index (κ1) is 14.3. The molecule has 0 atom stereocenters. The van der Waals surface area contributed by atoms with Crippen molar-refractivity contribution >= 4 is 40.4 Å². The van der Waals surface area contributed by atoms with Crippen LogP contribution in [0.25, 0.3) is 0 Å². The van der Waals surface area contributed by atoms with Crippen LogP contribution in [0.2, 0.25) is 0 Å². The predicted octanol–water partition coefficient (Wildman–Crippen LogP) is 0.121. The molecule has 0 bridgehead atoms. The van der Waals surface area contributed by atoms with Crippen molar-refractivity contribution in [1.29, 1.82) is 0 Å². The molecule has 0 amide bonds. The molecule has 1 aliphatic rings. The molecule has 2 rings (SSSR count). The molecule has 102 valence electrons. The fourth-order valence-electron chi connectivity index (χ4n) is 1.74. The average molecular weight is 305 g/mol. The first-order chi connectivity index (χ1) is 8.95. The zero-order chi connectivity index (χ0) is 14.0. The van der Waals surface area contributed by atoms with Crippen LogP contribution in [0.4, 0.5) is 4.39 Å². The molecule has 0 aliphatic carbocycles. The maximum atomic E-state index is 13.2. The van der Waals surface area contributed by atoms with E-state index in [0.29, 0.717) is 9.89 Å². The third-order valence-electron chi connectivity index (χ3n) is 2.67. The minimum atomic E-state index is -3.77. The van der Waals surface area contributed by atoms with Crippen LogP contribution in [-0.4, -0.2) is 42.7 Å². The number of benzene rings is 1. The standard InChI is InChI=1S/C10H11BClFN2O3S/c12-4-1-5-19(17,18)15-11(16)10-6-9(13)3-2-8(10)7-14-15/h2-3,6-7,16H,1,4-5H2. The summed E-state index contributed by atoms with van der Waals surface area (Å²) in [6.45, 7) is 0. The Balaban J connectivity index is 2.33. The molecule has 1 aromatic carbocycles. The van der Waals surface area contributed by atoms with Crippen molar-refractivity contribution in [2.75, 3.05) is 11.6 Å². The second-order valence-electron chi connectivity index (χ2n) is 4.02. The lowest BCUT2D eigenvalue weighted by molar-refractivity contribution is 0.475. The summed E-state index contributed by atoms with van der Waals surface area (Å²) in [7, 11) is -5.29. The number of sulfonamides is 1. The molecule has 0 fully saturated rings. The smallest absolute Gasteiger partial charge is 0.427 e. The van der Waals surface area contributed by atoms with Gasteiger partial charge in [0.05, 0.1) is 12.0 Å². The zero-order valence-corrected chi connectivity index (χ0v) is 11.4. The van der Waals surface area contributed by atoms with Crippen LogP contribution < -0.4 is 5.46 Å². The van der Waals surface area contributed by atoms with Gasteiger partial charge in [-0.05, 0) is 29.6 Å². The number of hydrogen-bond donors (Lipinski definition) is 1. The van der Waals surface area contributed by atoms with Gasteiger partial charge in [0.2, 0.25) is 10.0 Å². The maximum Gasteiger partial charge on any atom is 0.484 e. The van der Waals surface area contributed by atoms with Crippen molar-refractivity contribution in [2.45, 2.75) is 6.42 Å². The molecule has 9 heteroatoms. The predicted molar refractivity (Wildman–Crippen MR) is 72.6 cm³/mol. The monoisotopic (exact) mass is 304 g/mol. The molecular formula is C10H11BClFN2O3S. The molecule has 1 heterocycles. The Bertz CT molecular complexity index is 611. The van der Waals surface area contributed by atoms with Gasteiger partial charge in [-0.15, -0.1) is 11.6 Å². The highest BCUT2D eigenvalue weighted by Gasteiger charge is 2.37. The van der Waals surface area contributed by atoms with Crippen molar-refractivity contribution in [1.82, 2.24) is 4.33 Å². The lowest BCUT2D eigenvalue weighted by Crippen LogP contribution is -2.52. The van der Waals surface area contributed by atoms with E-state index in [1.54, 1.807) is 0 Å². The minimum absolute atomic E-state index is 0.171. The molecule has 1 N–H and O–H groups in total. The van der Waals surface area contributed by atoms with Gasteiger partial charge in [0.1, 0.15) is 5.82 Å². The van der Waals surface area contributed by atoms with E-state index in [2.05, 4.69) is 5.10 Å². The summed E-state index contributed by atoms with van der Waals surface area (Å²) in [5.74, 6) is -0.584. The van der Waals surface area contributed by atoms with E-state index in [0.717, 1.165) is 6.07 Å². The number of alkyl halides is 1. The fraction of sp³-hybridized carbons (Fsp3) is 0.300. The van der Waals surface area contributed by atoms with Crippen molar-refractivity contribution < 1.29 is 17.8 Å². The molecule has 0 spiro atoms. The Labute approximate surface area is 115 Å². The Kier molecular flexibility index (Phi) is 4.12. The molecule has 19 heavy (non-hydrogen) atoms. The lowest BCUT2D eigenvalue weighted by Gasteiger charge is -2.25. The van der Waals surface area contributed by atoms with Gasteiger partial charge in [0.15, 0.2) is 0 Å². The van der Waals surface area contributed by atoms with Gasteiger partial charge in [0.25, 0.3) is 0 Å².